The standard InChI is InChI=1S/C14H28N2O/c1-3-14(2,11-17)10-15-8-12-6-7-16(9-12)13-4-5-13/h12-13,15,17H,3-11H2,1-2H3. The van der Waals surface area contributed by atoms with Crippen LogP contribution in [0.2, 0.25) is 0 Å². The van der Waals surface area contributed by atoms with E-state index in [1.165, 1.54) is 32.4 Å². The molecule has 1 saturated carbocycles. The molecule has 2 atom stereocenters. The summed E-state index contributed by atoms with van der Waals surface area (Å²) in [6.07, 6.45) is 5.25. The SMILES string of the molecule is CCC(C)(CO)CNCC1CCN(C2CC2)C1. The Kier molecular flexibility index (Phi) is 4.45. The van der Waals surface area contributed by atoms with Crippen LogP contribution in [-0.2, 0) is 0 Å². The average molecular weight is 240 g/mol. The molecular formula is C14H28N2O. The molecule has 0 spiro atoms. The van der Waals surface area contributed by atoms with Gasteiger partial charge in [-0.3, -0.25) is 0 Å². The Balaban J connectivity index is 1.62. The highest BCUT2D eigenvalue weighted by atomic mass is 16.3. The molecule has 0 amide bonds. The minimum Gasteiger partial charge on any atom is -0.396 e. The van der Waals surface area contributed by atoms with Crippen LogP contribution in [0.1, 0.15) is 39.5 Å². The van der Waals surface area contributed by atoms with Gasteiger partial charge in [0.15, 0.2) is 0 Å². The Morgan fingerprint density at radius 3 is 2.71 bits per heavy atom. The second kappa shape index (κ2) is 5.68. The van der Waals surface area contributed by atoms with Gasteiger partial charge in [0.25, 0.3) is 0 Å². The number of aliphatic hydroxyl groups is 1. The Morgan fingerprint density at radius 2 is 2.12 bits per heavy atom. The zero-order chi connectivity index (χ0) is 12.3. The van der Waals surface area contributed by atoms with Gasteiger partial charge in [0.05, 0.1) is 0 Å². The van der Waals surface area contributed by atoms with Crippen LogP contribution in [0.25, 0.3) is 0 Å². The predicted octanol–water partition coefficient (Wildman–Crippen LogP) is 1.47. The van der Waals surface area contributed by atoms with Gasteiger partial charge in [0.2, 0.25) is 0 Å². The van der Waals surface area contributed by atoms with Gasteiger partial charge in [-0.1, -0.05) is 13.8 Å². The molecule has 3 heteroatoms. The van der Waals surface area contributed by atoms with Gasteiger partial charge in [-0.25, -0.2) is 0 Å². The van der Waals surface area contributed by atoms with Crippen LogP contribution >= 0.6 is 0 Å². The molecule has 1 aliphatic heterocycles. The van der Waals surface area contributed by atoms with E-state index in [-0.39, 0.29) is 12.0 Å². The van der Waals surface area contributed by atoms with Crippen molar-refractivity contribution in [3.8, 4) is 0 Å². The van der Waals surface area contributed by atoms with E-state index in [1.807, 2.05) is 0 Å². The molecular weight excluding hydrogens is 212 g/mol. The van der Waals surface area contributed by atoms with E-state index in [0.717, 1.165) is 31.5 Å². The molecule has 2 rings (SSSR count). The Morgan fingerprint density at radius 1 is 1.35 bits per heavy atom. The van der Waals surface area contributed by atoms with Gasteiger partial charge in [-0.15, -0.1) is 0 Å². The molecule has 0 aromatic rings. The fourth-order valence-electron chi connectivity index (χ4n) is 2.67. The summed E-state index contributed by atoms with van der Waals surface area (Å²) in [5.41, 5.74) is 0.0643. The predicted molar refractivity (Wildman–Crippen MR) is 71.1 cm³/mol. The van der Waals surface area contributed by atoms with Crippen molar-refractivity contribution in [2.75, 3.05) is 32.8 Å². The van der Waals surface area contributed by atoms with Crippen molar-refractivity contribution in [3.05, 3.63) is 0 Å². The maximum absolute atomic E-state index is 9.35. The maximum Gasteiger partial charge on any atom is 0.0496 e. The molecule has 3 nitrogen and oxygen atoms in total. The third-order valence-electron chi connectivity index (χ3n) is 4.60. The minimum absolute atomic E-state index is 0.0643. The van der Waals surface area contributed by atoms with Crippen LogP contribution in [-0.4, -0.2) is 48.8 Å². The van der Waals surface area contributed by atoms with Crippen molar-refractivity contribution < 1.29 is 5.11 Å². The molecule has 2 unspecified atom stereocenters. The fraction of sp³-hybridized carbons (Fsp3) is 1.00. The molecule has 100 valence electrons. The first kappa shape index (κ1) is 13.3. The van der Waals surface area contributed by atoms with Crippen molar-refractivity contribution >= 4 is 0 Å². The fourth-order valence-corrected chi connectivity index (χ4v) is 2.67. The molecule has 0 bridgehead atoms. The van der Waals surface area contributed by atoms with Gasteiger partial charge in [-0.2, -0.15) is 0 Å². The van der Waals surface area contributed by atoms with Gasteiger partial charge in [0, 0.05) is 31.2 Å². The summed E-state index contributed by atoms with van der Waals surface area (Å²) in [6, 6.07) is 0.929. The first-order chi connectivity index (χ1) is 8.17. The van der Waals surface area contributed by atoms with Gasteiger partial charge < -0.3 is 15.3 Å². The quantitative estimate of drug-likeness (QED) is 0.707. The molecule has 2 N–H and O–H groups in total. The summed E-state index contributed by atoms with van der Waals surface area (Å²) in [5, 5.41) is 12.9. The molecule has 2 fully saturated rings. The van der Waals surface area contributed by atoms with E-state index < -0.39 is 0 Å². The molecule has 2 aliphatic rings. The molecule has 0 radical (unpaired) electrons. The molecule has 17 heavy (non-hydrogen) atoms. The highest BCUT2D eigenvalue weighted by Crippen LogP contribution is 2.31. The summed E-state index contributed by atoms with van der Waals surface area (Å²) >= 11 is 0. The van der Waals surface area contributed by atoms with E-state index >= 15 is 0 Å². The van der Waals surface area contributed by atoms with Crippen molar-refractivity contribution in [2.24, 2.45) is 11.3 Å². The van der Waals surface area contributed by atoms with Crippen LogP contribution in [0.4, 0.5) is 0 Å². The first-order valence-corrected chi connectivity index (χ1v) is 7.22. The number of nitrogens with zero attached hydrogens (tertiary/aromatic N) is 1. The van der Waals surface area contributed by atoms with E-state index in [1.54, 1.807) is 0 Å². The van der Waals surface area contributed by atoms with Crippen molar-refractivity contribution in [2.45, 2.75) is 45.6 Å². The minimum atomic E-state index is 0.0643. The summed E-state index contributed by atoms with van der Waals surface area (Å²) in [5.74, 6) is 0.829. The van der Waals surface area contributed by atoms with Gasteiger partial charge >= 0.3 is 0 Å². The number of aliphatic hydroxyl groups excluding tert-OH is 1. The molecule has 1 aliphatic carbocycles. The smallest absolute Gasteiger partial charge is 0.0496 e. The Hall–Kier alpha value is -0.120. The highest BCUT2D eigenvalue weighted by Gasteiger charge is 2.34. The molecule has 0 aromatic heterocycles. The lowest BCUT2D eigenvalue weighted by atomic mass is 9.88. The molecule has 1 saturated heterocycles. The maximum atomic E-state index is 9.35. The van der Waals surface area contributed by atoms with Crippen LogP contribution in [0, 0.1) is 11.3 Å². The molecule has 0 aromatic carbocycles. The zero-order valence-corrected chi connectivity index (χ0v) is 11.4. The summed E-state index contributed by atoms with van der Waals surface area (Å²) < 4.78 is 0. The Bertz CT molecular complexity index is 236. The van der Waals surface area contributed by atoms with Gasteiger partial charge in [-0.05, 0) is 44.7 Å². The average Bonchev–Trinajstić information content (AvgIpc) is 3.10. The van der Waals surface area contributed by atoms with Crippen LogP contribution in [0.15, 0.2) is 0 Å². The van der Waals surface area contributed by atoms with Crippen molar-refractivity contribution in [3.63, 3.8) is 0 Å². The Labute approximate surface area is 106 Å². The second-order valence-corrected chi connectivity index (χ2v) is 6.33. The van der Waals surface area contributed by atoms with E-state index in [2.05, 4.69) is 24.1 Å². The van der Waals surface area contributed by atoms with Crippen LogP contribution in [0.5, 0.6) is 0 Å². The lowest BCUT2D eigenvalue weighted by Crippen LogP contribution is -2.37. The molecule has 1 heterocycles. The van der Waals surface area contributed by atoms with Crippen LogP contribution in [0.3, 0.4) is 0 Å². The number of likely N-dealkylation sites (tertiary alicyclic amines) is 1. The topological polar surface area (TPSA) is 35.5 Å². The first-order valence-electron chi connectivity index (χ1n) is 7.22. The number of hydrogen-bond donors (Lipinski definition) is 2. The lowest BCUT2D eigenvalue weighted by molar-refractivity contribution is 0.134. The monoisotopic (exact) mass is 240 g/mol. The summed E-state index contributed by atoms with van der Waals surface area (Å²) in [7, 11) is 0. The van der Waals surface area contributed by atoms with Gasteiger partial charge in [0.1, 0.15) is 0 Å². The van der Waals surface area contributed by atoms with E-state index in [0.29, 0.717) is 0 Å². The van der Waals surface area contributed by atoms with Crippen LogP contribution < -0.4 is 5.32 Å². The summed E-state index contributed by atoms with van der Waals surface area (Å²) in [4.78, 5) is 2.66. The number of hydrogen-bond acceptors (Lipinski definition) is 3. The third kappa shape index (κ3) is 3.67. The van der Waals surface area contributed by atoms with E-state index in [9.17, 15) is 5.11 Å². The number of nitrogens with one attached hydrogen (secondary N) is 1. The largest absolute Gasteiger partial charge is 0.396 e. The highest BCUT2D eigenvalue weighted by molar-refractivity contribution is 4.90. The number of rotatable bonds is 7. The van der Waals surface area contributed by atoms with Crippen molar-refractivity contribution in [1.82, 2.24) is 10.2 Å². The van der Waals surface area contributed by atoms with Crippen molar-refractivity contribution in [1.29, 1.82) is 0 Å². The zero-order valence-electron chi connectivity index (χ0n) is 11.4. The second-order valence-electron chi connectivity index (χ2n) is 6.33. The third-order valence-corrected chi connectivity index (χ3v) is 4.60. The lowest BCUT2D eigenvalue weighted by Gasteiger charge is -2.26. The van der Waals surface area contributed by atoms with E-state index in [4.69, 9.17) is 0 Å². The normalized spacial score (nSPS) is 29.5. The summed E-state index contributed by atoms with van der Waals surface area (Å²) in [6.45, 7) is 9.27.